The van der Waals surface area contributed by atoms with Crippen molar-refractivity contribution >= 4 is 44.1 Å². The highest BCUT2D eigenvalue weighted by atomic mass is 79.9. The zero-order chi connectivity index (χ0) is 13.0. The van der Waals surface area contributed by atoms with Crippen LogP contribution in [0.4, 0.5) is 5.82 Å². The SMILES string of the molecule is CCCN(CCCl)c1nccc2c(Br)cccc12. The first-order valence-electron chi connectivity index (χ1n) is 6.12. The van der Waals surface area contributed by atoms with Gasteiger partial charge in [-0.1, -0.05) is 35.0 Å². The number of alkyl halides is 1. The number of hydrogen-bond acceptors (Lipinski definition) is 2. The van der Waals surface area contributed by atoms with Crippen LogP contribution in [0.15, 0.2) is 34.9 Å². The van der Waals surface area contributed by atoms with Gasteiger partial charge in [-0.05, 0) is 18.6 Å². The number of halogens is 2. The van der Waals surface area contributed by atoms with Crippen LogP contribution in [-0.4, -0.2) is 24.0 Å². The zero-order valence-electron chi connectivity index (χ0n) is 10.4. The third-order valence-corrected chi connectivity index (χ3v) is 3.74. The third-order valence-electron chi connectivity index (χ3n) is 2.88. The standard InChI is InChI=1S/C14H16BrClN2/c1-2-9-18(10-7-16)14-12-4-3-5-13(15)11(12)6-8-17-14/h3-6,8H,2,7,9-10H2,1H3. The average Bonchev–Trinajstić information content (AvgIpc) is 2.38. The largest absolute Gasteiger partial charge is 0.355 e. The molecule has 0 saturated carbocycles. The number of pyridine rings is 1. The van der Waals surface area contributed by atoms with Gasteiger partial charge in [-0.25, -0.2) is 4.98 Å². The van der Waals surface area contributed by atoms with Crippen LogP contribution in [0.25, 0.3) is 10.8 Å². The third kappa shape index (κ3) is 2.78. The van der Waals surface area contributed by atoms with Crippen molar-refractivity contribution in [3.8, 4) is 0 Å². The van der Waals surface area contributed by atoms with Gasteiger partial charge < -0.3 is 4.90 Å². The minimum absolute atomic E-state index is 0.617. The van der Waals surface area contributed by atoms with E-state index in [4.69, 9.17) is 11.6 Å². The van der Waals surface area contributed by atoms with E-state index >= 15 is 0 Å². The Morgan fingerprint density at radius 3 is 2.78 bits per heavy atom. The molecular formula is C14H16BrClN2. The lowest BCUT2D eigenvalue weighted by Gasteiger charge is -2.23. The molecule has 4 heteroatoms. The van der Waals surface area contributed by atoms with Crippen molar-refractivity contribution in [3.05, 3.63) is 34.9 Å². The summed E-state index contributed by atoms with van der Waals surface area (Å²) in [6, 6.07) is 8.24. The Hall–Kier alpha value is -0.800. The summed E-state index contributed by atoms with van der Waals surface area (Å²) in [7, 11) is 0. The number of aromatic nitrogens is 1. The predicted octanol–water partition coefficient (Wildman–Crippen LogP) is 4.45. The molecule has 96 valence electrons. The van der Waals surface area contributed by atoms with Crippen LogP contribution in [0.1, 0.15) is 13.3 Å². The molecule has 2 rings (SSSR count). The fourth-order valence-corrected chi connectivity index (χ4v) is 2.80. The second kappa shape index (κ2) is 6.39. The number of nitrogens with zero attached hydrogens (tertiary/aromatic N) is 2. The Balaban J connectivity index is 2.51. The monoisotopic (exact) mass is 326 g/mol. The fraction of sp³-hybridized carbons (Fsp3) is 0.357. The molecule has 0 radical (unpaired) electrons. The van der Waals surface area contributed by atoms with Crippen LogP contribution in [0.2, 0.25) is 0 Å². The van der Waals surface area contributed by atoms with Gasteiger partial charge in [0.25, 0.3) is 0 Å². The number of benzene rings is 1. The Kier molecular flexibility index (Phi) is 4.84. The van der Waals surface area contributed by atoms with Gasteiger partial charge in [-0.15, -0.1) is 11.6 Å². The minimum Gasteiger partial charge on any atom is -0.355 e. The Morgan fingerprint density at radius 2 is 2.06 bits per heavy atom. The zero-order valence-corrected chi connectivity index (χ0v) is 12.7. The van der Waals surface area contributed by atoms with Gasteiger partial charge in [0.15, 0.2) is 0 Å². The molecular weight excluding hydrogens is 312 g/mol. The number of rotatable bonds is 5. The maximum atomic E-state index is 5.89. The first kappa shape index (κ1) is 13.6. The lowest BCUT2D eigenvalue weighted by atomic mass is 10.1. The van der Waals surface area contributed by atoms with E-state index in [-0.39, 0.29) is 0 Å². The van der Waals surface area contributed by atoms with Crippen molar-refractivity contribution in [2.24, 2.45) is 0 Å². The van der Waals surface area contributed by atoms with E-state index in [1.54, 1.807) is 0 Å². The van der Waals surface area contributed by atoms with Crippen molar-refractivity contribution in [1.82, 2.24) is 4.98 Å². The van der Waals surface area contributed by atoms with Crippen LogP contribution in [-0.2, 0) is 0 Å². The molecule has 18 heavy (non-hydrogen) atoms. The smallest absolute Gasteiger partial charge is 0.136 e. The van der Waals surface area contributed by atoms with Crippen molar-refractivity contribution < 1.29 is 0 Å². The maximum absolute atomic E-state index is 5.89. The van der Waals surface area contributed by atoms with E-state index in [1.165, 1.54) is 10.8 Å². The predicted molar refractivity (Wildman–Crippen MR) is 82.7 cm³/mol. The molecule has 0 N–H and O–H groups in total. The molecule has 0 atom stereocenters. The van der Waals surface area contributed by atoms with Gasteiger partial charge in [0.05, 0.1) is 0 Å². The Morgan fingerprint density at radius 1 is 1.22 bits per heavy atom. The molecule has 0 aliphatic carbocycles. The normalized spacial score (nSPS) is 10.8. The molecule has 1 heterocycles. The van der Waals surface area contributed by atoms with Crippen LogP contribution in [0, 0.1) is 0 Å². The van der Waals surface area contributed by atoms with E-state index in [0.29, 0.717) is 5.88 Å². The molecule has 0 spiro atoms. The minimum atomic E-state index is 0.617. The average molecular weight is 328 g/mol. The number of anilines is 1. The lowest BCUT2D eigenvalue weighted by Crippen LogP contribution is -2.27. The molecule has 0 saturated heterocycles. The van der Waals surface area contributed by atoms with Crippen LogP contribution in [0.3, 0.4) is 0 Å². The highest BCUT2D eigenvalue weighted by Crippen LogP contribution is 2.29. The molecule has 0 unspecified atom stereocenters. The second-order valence-corrected chi connectivity index (χ2v) is 5.38. The van der Waals surface area contributed by atoms with Crippen LogP contribution >= 0.6 is 27.5 Å². The van der Waals surface area contributed by atoms with Crippen molar-refractivity contribution in [2.75, 3.05) is 23.9 Å². The first-order valence-corrected chi connectivity index (χ1v) is 7.44. The van der Waals surface area contributed by atoms with Crippen molar-refractivity contribution in [2.45, 2.75) is 13.3 Å². The Bertz CT molecular complexity index is 524. The molecule has 0 amide bonds. The summed E-state index contributed by atoms with van der Waals surface area (Å²) in [4.78, 5) is 6.78. The number of fused-ring (bicyclic) bond motifs is 1. The highest BCUT2D eigenvalue weighted by molar-refractivity contribution is 9.10. The summed E-state index contributed by atoms with van der Waals surface area (Å²) < 4.78 is 1.10. The summed E-state index contributed by atoms with van der Waals surface area (Å²) in [5, 5.41) is 2.36. The van der Waals surface area contributed by atoms with Gasteiger partial charge in [0, 0.05) is 40.4 Å². The topological polar surface area (TPSA) is 16.1 Å². The quantitative estimate of drug-likeness (QED) is 0.754. The van der Waals surface area contributed by atoms with E-state index in [2.05, 4.69) is 44.9 Å². The summed E-state index contributed by atoms with van der Waals surface area (Å²) in [5.41, 5.74) is 0. The van der Waals surface area contributed by atoms with Crippen LogP contribution < -0.4 is 4.90 Å². The first-order chi connectivity index (χ1) is 8.77. The molecule has 1 aromatic carbocycles. The van der Waals surface area contributed by atoms with Gasteiger partial charge in [-0.2, -0.15) is 0 Å². The van der Waals surface area contributed by atoms with Gasteiger partial charge in [0.1, 0.15) is 5.82 Å². The Labute approximate surface area is 121 Å². The summed E-state index contributed by atoms with van der Waals surface area (Å²) in [5.74, 6) is 1.64. The van der Waals surface area contributed by atoms with E-state index in [1.807, 2.05) is 18.3 Å². The molecule has 1 aromatic heterocycles. The van der Waals surface area contributed by atoms with Gasteiger partial charge >= 0.3 is 0 Å². The lowest BCUT2D eigenvalue weighted by molar-refractivity contribution is 0.785. The fourth-order valence-electron chi connectivity index (χ4n) is 2.10. The van der Waals surface area contributed by atoms with Crippen molar-refractivity contribution in [1.29, 1.82) is 0 Å². The molecule has 2 aromatic rings. The second-order valence-electron chi connectivity index (χ2n) is 4.15. The highest BCUT2D eigenvalue weighted by Gasteiger charge is 2.11. The molecule has 0 aliphatic heterocycles. The van der Waals surface area contributed by atoms with E-state index in [0.717, 1.165) is 29.8 Å². The van der Waals surface area contributed by atoms with Crippen LogP contribution in [0.5, 0.6) is 0 Å². The summed E-state index contributed by atoms with van der Waals surface area (Å²) >= 11 is 9.47. The van der Waals surface area contributed by atoms with Gasteiger partial charge in [-0.3, -0.25) is 0 Å². The summed E-state index contributed by atoms with van der Waals surface area (Å²) in [6.45, 7) is 3.97. The van der Waals surface area contributed by atoms with Gasteiger partial charge in [0.2, 0.25) is 0 Å². The summed E-state index contributed by atoms with van der Waals surface area (Å²) in [6.07, 6.45) is 2.95. The van der Waals surface area contributed by atoms with E-state index < -0.39 is 0 Å². The maximum Gasteiger partial charge on any atom is 0.136 e. The molecule has 2 nitrogen and oxygen atoms in total. The molecule has 0 fully saturated rings. The van der Waals surface area contributed by atoms with E-state index in [9.17, 15) is 0 Å². The molecule has 0 bridgehead atoms. The van der Waals surface area contributed by atoms with Crippen molar-refractivity contribution in [3.63, 3.8) is 0 Å². The number of hydrogen-bond donors (Lipinski definition) is 0. The molecule has 0 aliphatic rings.